The number of carbonyl (C=O) groups excluding carboxylic acids is 2. The van der Waals surface area contributed by atoms with E-state index in [0.717, 1.165) is 52.5 Å². The molecule has 8 nitrogen and oxygen atoms in total. The summed E-state index contributed by atoms with van der Waals surface area (Å²) < 4.78 is 5.99. The standard InChI is InChI=1S/C30H33N5O3S/c1-18-17-20(38-19-9-5-4-6-10-19)13-14-22(18)35-24-15-16-31-29-25(24)26(33-30(35)37)27(39-29)28(36)32-21-11-7-8-12-23(21)34(2)3/h4-6,9-10,13-17,21,23,26-27H,7-8,11-12H2,1-3H3,(H,32,36)(H,33,37)/t21-,23+,26?,27?/m0/s1. The summed E-state index contributed by atoms with van der Waals surface area (Å²) in [5.74, 6) is 1.41. The molecule has 3 amide bonds. The first-order valence-electron chi connectivity index (χ1n) is 13.5. The third kappa shape index (κ3) is 4.85. The van der Waals surface area contributed by atoms with Gasteiger partial charge in [0.1, 0.15) is 21.8 Å². The number of anilines is 2. The minimum Gasteiger partial charge on any atom is -0.457 e. The number of likely N-dealkylation sites (N-methyl/N-ethyl adjacent to an activating group) is 1. The molecule has 2 N–H and O–H groups in total. The number of rotatable bonds is 6. The summed E-state index contributed by atoms with van der Waals surface area (Å²) in [6, 6.07) is 16.9. The van der Waals surface area contributed by atoms with Crippen LogP contribution in [0.4, 0.5) is 16.2 Å². The lowest BCUT2D eigenvalue weighted by molar-refractivity contribution is -0.122. The second-order valence-electron chi connectivity index (χ2n) is 10.6. The zero-order chi connectivity index (χ0) is 27.1. The number of thioether (sulfide) groups is 1. The predicted molar refractivity (Wildman–Crippen MR) is 153 cm³/mol. The first-order chi connectivity index (χ1) is 18.9. The quantitative estimate of drug-likeness (QED) is 0.424. The lowest BCUT2D eigenvalue weighted by Gasteiger charge is -2.38. The number of aromatic nitrogens is 1. The number of hydrogen-bond acceptors (Lipinski definition) is 6. The fourth-order valence-corrected chi connectivity index (χ4v) is 7.23. The molecular formula is C30H33N5O3S. The van der Waals surface area contributed by atoms with E-state index in [4.69, 9.17) is 4.74 Å². The van der Waals surface area contributed by atoms with E-state index in [1.165, 1.54) is 18.2 Å². The lowest BCUT2D eigenvalue weighted by Crippen LogP contribution is -2.55. The van der Waals surface area contributed by atoms with Crippen LogP contribution >= 0.6 is 11.8 Å². The Kier molecular flexibility index (Phi) is 6.95. The van der Waals surface area contributed by atoms with Crippen molar-refractivity contribution >= 4 is 35.1 Å². The van der Waals surface area contributed by atoms with E-state index in [9.17, 15) is 9.59 Å². The Labute approximate surface area is 233 Å². The number of urea groups is 1. The van der Waals surface area contributed by atoms with Crippen LogP contribution in [-0.2, 0) is 4.79 Å². The maximum Gasteiger partial charge on any atom is 0.327 e. The van der Waals surface area contributed by atoms with E-state index in [1.54, 1.807) is 11.1 Å². The van der Waals surface area contributed by atoms with E-state index in [1.807, 2.05) is 61.5 Å². The SMILES string of the molecule is Cc1cc(Oc2ccccc2)ccc1N1C(=O)NC2c3c1ccnc3SC2C(=O)N[C@H]1CCCC[C@H]1N(C)C. The zero-order valence-corrected chi connectivity index (χ0v) is 23.2. The zero-order valence-electron chi connectivity index (χ0n) is 22.4. The van der Waals surface area contributed by atoms with Gasteiger partial charge in [-0.25, -0.2) is 9.78 Å². The van der Waals surface area contributed by atoms with Crippen molar-refractivity contribution in [2.24, 2.45) is 0 Å². The van der Waals surface area contributed by atoms with Crippen LogP contribution in [0.3, 0.4) is 0 Å². The van der Waals surface area contributed by atoms with Crippen LogP contribution in [0.1, 0.15) is 42.9 Å². The van der Waals surface area contributed by atoms with Crippen molar-refractivity contribution in [3.63, 3.8) is 0 Å². The highest BCUT2D eigenvalue weighted by Gasteiger charge is 2.47. The van der Waals surface area contributed by atoms with Crippen molar-refractivity contribution in [3.05, 3.63) is 71.9 Å². The molecular weight excluding hydrogens is 510 g/mol. The topological polar surface area (TPSA) is 86.8 Å². The smallest absolute Gasteiger partial charge is 0.327 e. The Balaban J connectivity index is 1.26. The van der Waals surface area contributed by atoms with Gasteiger partial charge in [-0.05, 0) is 75.8 Å². The number of nitrogens with one attached hydrogen (secondary N) is 2. The number of hydrogen-bond donors (Lipinski definition) is 2. The van der Waals surface area contributed by atoms with E-state index < -0.39 is 11.3 Å². The molecule has 0 bridgehead atoms. The highest BCUT2D eigenvalue weighted by Crippen LogP contribution is 2.51. The number of nitrogens with zero attached hydrogens (tertiary/aromatic N) is 3. The number of aryl methyl sites for hydroxylation is 1. The molecule has 1 aliphatic carbocycles. The Morgan fingerprint density at radius 1 is 1.08 bits per heavy atom. The molecule has 202 valence electrons. The van der Waals surface area contributed by atoms with Gasteiger partial charge in [0, 0.05) is 23.8 Å². The molecule has 4 atom stereocenters. The van der Waals surface area contributed by atoms with Gasteiger partial charge in [-0.3, -0.25) is 9.69 Å². The highest BCUT2D eigenvalue weighted by molar-refractivity contribution is 8.01. The Morgan fingerprint density at radius 2 is 1.87 bits per heavy atom. The maximum absolute atomic E-state index is 13.6. The van der Waals surface area contributed by atoms with Gasteiger partial charge in [0.05, 0.1) is 17.4 Å². The summed E-state index contributed by atoms with van der Waals surface area (Å²) in [6.45, 7) is 1.96. The molecule has 39 heavy (non-hydrogen) atoms. The third-order valence-corrected chi connectivity index (χ3v) is 9.16. The number of carbonyl (C=O) groups is 2. The van der Waals surface area contributed by atoms with Gasteiger partial charge in [-0.2, -0.15) is 0 Å². The molecule has 2 aromatic carbocycles. The van der Waals surface area contributed by atoms with E-state index >= 15 is 0 Å². The van der Waals surface area contributed by atoms with Crippen LogP contribution in [0, 0.1) is 6.92 Å². The lowest BCUT2D eigenvalue weighted by atomic mass is 9.89. The molecule has 6 rings (SSSR count). The van der Waals surface area contributed by atoms with Crippen molar-refractivity contribution in [2.45, 2.75) is 61.0 Å². The fraction of sp³-hybridized carbons (Fsp3) is 0.367. The normalized spacial score (nSPS) is 23.8. The van der Waals surface area contributed by atoms with Crippen LogP contribution in [0.2, 0.25) is 0 Å². The molecule has 3 heterocycles. The van der Waals surface area contributed by atoms with Gasteiger partial charge in [0.2, 0.25) is 5.91 Å². The summed E-state index contributed by atoms with van der Waals surface area (Å²) in [6.07, 6.45) is 6.06. The van der Waals surface area contributed by atoms with Crippen molar-refractivity contribution in [3.8, 4) is 11.5 Å². The molecule has 3 aromatic rings. The summed E-state index contributed by atoms with van der Waals surface area (Å²) in [7, 11) is 4.15. The van der Waals surface area contributed by atoms with Crippen LogP contribution in [0.5, 0.6) is 11.5 Å². The monoisotopic (exact) mass is 543 g/mol. The fourth-order valence-electron chi connectivity index (χ4n) is 5.99. The highest BCUT2D eigenvalue weighted by atomic mass is 32.2. The molecule has 3 aliphatic rings. The van der Waals surface area contributed by atoms with Gasteiger partial charge in [-0.15, -0.1) is 0 Å². The molecule has 0 saturated heterocycles. The molecule has 1 aromatic heterocycles. The van der Waals surface area contributed by atoms with Gasteiger partial charge in [-0.1, -0.05) is 42.8 Å². The van der Waals surface area contributed by atoms with Gasteiger partial charge >= 0.3 is 6.03 Å². The molecule has 0 spiro atoms. The average molecular weight is 544 g/mol. The van der Waals surface area contributed by atoms with Crippen molar-refractivity contribution in [1.29, 1.82) is 0 Å². The van der Waals surface area contributed by atoms with E-state index in [-0.39, 0.29) is 18.0 Å². The number of pyridine rings is 1. The third-order valence-electron chi connectivity index (χ3n) is 7.87. The first kappa shape index (κ1) is 25.7. The minimum absolute atomic E-state index is 0.0416. The van der Waals surface area contributed by atoms with Gasteiger partial charge < -0.3 is 20.3 Å². The van der Waals surface area contributed by atoms with Gasteiger partial charge in [0.25, 0.3) is 0 Å². The Hall–Kier alpha value is -3.56. The van der Waals surface area contributed by atoms with Crippen molar-refractivity contribution < 1.29 is 14.3 Å². The minimum atomic E-state index is -0.466. The van der Waals surface area contributed by atoms with Crippen LogP contribution in [-0.4, -0.2) is 53.3 Å². The average Bonchev–Trinajstić information content (AvgIpc) is 3.30. The molecule has 9 heteroatoms. The van der Waals surface area contributed by atoms with Crippen LogP contribution < -0.4 is 20.3 Å². The number of benzene rings is 2. The summed E-state index contributed by atoms with van der Waals surface area (Å²) in [5.41, 5.74) is 3.32. The second-order valence-corrected chi connectivity index (χ2v) is 11.8. The molecule has 0 radical (unpaired) electrons. The molecule has 1 fully saturated rings. The number of ether oxygens (including phenoxy) is 1. The summed E-state index contributed by atoms with van der Waals surface area (Å²) >= 11 is 1.44. The molecule has 2 unspecified atom stereocenters. The predicted octanol–water partition coefficient (Wildman–Crippen LogP) is 5.55. The van der Waals surface area contributed by atoms with E-state index in [2.05, 4.69) is 34.6 Å². The number of amides is 3. The van der Waals surface area contributed by atoms with Crippen molar-refractivity contribution in [2.75, 3.05) is 19.0 Å². The first-order valence-corrected chi connectivity index (χ1v) is 14.3. The summed E-state index contributed by atoms with van der Waals surface area (Å²) in [4.78, 5) is 35.7. The Morgan fingerprint density at radius 3 is 2.64 bits per heavy atom. The summed E-state index contributed by atoms with van der Waals surface area (Å²) in [5, 5.41) is 6.77. The maximum atomic E-state index is 13.6. The second kappa shape index (κ2) is 10.5. The molecule has 1 saturated carbocycles. The van der Waals surface area contributed by atoms with Crippen molar-refractivity contribution in [1.82, 2.24) is 20.5 Å². The van der Waals surface area contributed by atoms with Gasteiger partial charge in [0.15, 0.2) is 0 Å². The van der Waals surface area contributed by atoms with Crippen LogP contribution in [0.25, 0.3) is 0 Å². The largest absolute Gasteiger partial charge is 0.457 e. The van der Waals surface area contributed by atoms with Crippen LogP contribution in [0.15, 0.2) is 65.8 Å². The molecule has 2 aliphatic heterocycles. The Bertz CT molecular complexity index is 1400. The number of para-hydroxylation sites is 1. The van der Waals surface area contributed by atoms with E-state index in [0.29, 0.717) is 11.8 Å².